The summed E-state index contributed by atoms with van der Waals surface area (Å²) in [6.07, 6.45) is 1.17. The molecule has 1 unspecified atom stereocenters. The number of nitrogens with zero attached hydrogens (tertiary/aromatic N) is 1. The van der Waals surface area contributed by atoms with Crippen LogP contribution in [0.15, 0.2) is 5.16 Å². The summed E-state index contributed by atoms with van der Waals surface area (Å²) in [5, 5.41) is 4.00. The summed E-state index contributed by atoms with van der Waals surface area (Å²) in [6.45, 7) is 5.24. The Bertz CT molecular complexity index is 113. The molecule has 3 heteroatoms. The Balaban J connectivity index is 2.32. The van der Waals surface area contributed by atoms with Crippen LogP contribution >= 0.6 is 11.6 Å². The van der Waals surface area contributed by atoms with E-state index in [0.29, 0.717) is 18.0 Å². The van der Waals surface area contributed by atoms with Crippen molar-refractivity contribution in [3.8, 4) is 0 Å². The molecule has 0 aliphatic carbocycles. The Hall–Kier alpha value is -0.240. The number of oxime groups is 1. The first-order valence-corrected chi connectivity index (χ1v) is 2.79. The van der Waals surface area contributed by atoms with E-state index in [1.807, 2.05) is 0 Å². The van der Waals surface area contributed by atoms with Crippen LogP contribution in [0.25, 0.3) is 0 Å². The molecule has 0 aromatic carbocycles. The lowest BCUT2D eigenvalue weighted by Gasteiger charge is -1.99. The summed E-state index contributed by atoms with van der Waals surface area (Å²) in [5.74, 6) is 0. The highest BCUT2D eigenvalue weighted by Gasteiger charge is 2.16. The molecule has 2 nitrogen and oxygen atoms in total. The Morgan fingerprint density at radius 2 is 2.75 bits per heavy atom. The van der Waals surface area contributed by atoms with Crippen LogP contribution in [-0.2, 0) is 4.84 Å². The fourth-order valence-electron chi connectivity index (χ4n) is 0.520. The zero-order chi connectivity index (χ0) is 5.98. The number of rotatable bonds is 1. The molecule has 1 rings (SSSR count). The van der Waals surface area contributed by atoms with Crippen LogP contribution in [0.1, 0.15) is 12.8 Å². The molecule has 0 bridgehead atoms. The maximum atomic E-state index is 5.46. The third kappa shape index (κ3) is 1.13. The van der Waals surface area contributed by atoms with Crippen LogP contribution < -0.4 is 0 Å². The smallest absolute Gasteiger partial charge is 0.149 e. The molecular formula is C5H6ClNO. The first-order valence-electron chi connectivity index (χ1n) is 2.41. The minimum Gasteiger partial charge on any atom is -0.391 e. The molecule has 8 heavy (non-hydrogen) atoms. The number of hydrogen-bond donors (Lipinski definition) is 0. The van der Waals surface area contributed by atoms with Crippen molar-refractivity contribution >= 4 is 16.8 Å². The van der Waals surface area contributed by atoms with Crippen molar-refractivity contribution in [2.75, 3.05) is 0 Å². The van der Waals surface area contributed by atoms with Gasteiger partial charge in [-0.15, -0.1) is 0 Å². The van der Waals surface area contributed by atoms with E-state index >= 15 is 0 Å². The second-order valence-corrected chi connectivity index (χ2v) is 2.07. The lowest BCUT2D eigenvalue weighted by Crippen LogP contribution is -2.02. The second kappa shape index (κ2) is 2.35. The molecule has 1 heterocycles. The summed E-state index contributed by atoms with van der Waals surface area (Å²) < 4.78 is 0. The van der Waals surface area contributed by atoms with Gasteiger partial charge in [-0.2, -0.15) is 0 Å². The Morgan fingerprint density at radius 1 is 2.00 bits per heavy atom. The van der Waals surface area contributed by atoms with Gasteiger partial charge < -0.3 is 4.84 Å². The van der Waals surface area contributed by atoms with Crippen molar-refractivity contribution in [1.29, 1.82) is 0 Å². The first kappa shape index (κ1) is 5.89. The SMILES string of the molecule is [CH]CC1CC(Cl)=NO1. The third-order valence-corrected chi connectivity index (χ3v) is 1.18. The monoisotopic (exact) mass is 131 g/mol. The maximum absolute atomic E-state index is 5.46. The summed E-state index contributed by atoms with van der Waals surface area (Å²) >= 11 is 5.46. The van der Waals surface area contributed by atoms with Gasteiger partial charge in [0.1, 0.15) is 11.3 Å². The van der Waals surface area contributed by atoms with Crippen LogP contribution in [0, 0.1) is 6.92 Å². The fraction of sp³-hybridized carbons (Fsp3) is 0.600. The van der Waals surface area contributed by atoms with Crippen molar-refractivity contribution in [3.05, 3.63) is 6.92 Å². The van der Waals surface area contributed by atoms with E-state index in [2.05, 4.69) is 5.16 Å². The first-order chi connectivity index (χ1) is 3.83. The van der Waals surface area contributed by atoms with Crippen molar-refractivity contribution in [1.82, 2.24) is 0 Å². The normalized spacial score (nSPS) is 27.2. The standard InChI is InChI=1S/C5H6ClNO/c1-2-4-3-5(6)7-8-4/h1,4H,2-3H2. The van der Waals surface area contributed by atoms with Gasteiger partial charge in [0, 0.05) is 6.42 Å². The zero-order valence-electron chi connectivity index (χ0n) is 4.30. The summed E-state index contributed by atoms with van der Waals surface area (Å²) in [6, 6.07) is 0. The van der Waals surface area contributed by atoms with Crippen LogP contribution in [0.3, 0.4) is 0 Å². The zero-order valence-corrected chi connectivity index (χ0v) is 5.06. The summed E-state index contributed by atoms with van der Waals surface area (Å²) in [7, 11) is 0. The fourth-order valence-corrected chi connectivity index (χ4v) is 0.732. The quantitative estimate of drug-likeness (QED) is 0.528. The van der Waals surface area contributed by atoms with E-state index < -0.39 is 0 Å². The second-order valence-electron chi connectivity index (χ2n) is 1.63. The molecule has 44 valence electrons. The van der Waals surface area contributed by atoms with Gasteiger partial charge in [-0.05, 0) is 13.3 Å². The van der Waals surface area contributed by atoms with Gasteiger partial charge in [-0.25, -0.2) is 0 Å². The molecule has 0 aromatic heterocycles. The molecule has 0 saturated carbocycles. The predicted octanol–water partition coefficient (Wildman–Crippen LogP) is 1.43. The molecule has 2 radical (unpaired) electrons. The highest BCUT2D eigenvalue weighted by atomic mass is 35.5. The Labute approximate surface area is 53.5 Å². The van der Waals surface area contributed by atoms with Crippen molar-refractivity contribution < 1.29 is 4.84 Å². The number of halogens is 1. The van der Waals surface area contributed by atoms with E-state index in [-0.39, 0.29) is 6.10 Å². The number of hydrogen-bond acceptors (Lipinski definition) is 2. The average Bonchev–Trinajstić information content (AvgIpc) is 2.14. The molecule has 0 aromatic rings. The van der Waals surface area contributed by atoms with Gasteiger partial charge in [0.05, 0.1) is 0 Å². The van der Waals surface area contributed by atoms with Crippen LogP contribution in [0.4, 0.5) is 0 Å². The molecule has 1 aliphatic heterocycles. The van der Waals surface area contributed by atoms with E-state index in [4.69, 9.17) is 23.4 Å². The lowest BCUT2D eigenvalue weighted by atomic mass is 10.2. The minimum atomic E-state index is 0.0162. The van der Waals surface area contributed by atoms with E-state index in [1.54, 1.807) is 0 Å². The highest BCUT2D eigenvalue weighted by molar-refractivity contribution is 6.65. The van der Waals surface area contributed by atoms with Crippen LogP contribution in [0.5, 0.6) is 0 Å². The minimum absolute atomic E-state index is 0.0162. The Morgan fingerprint density at radius 3 is 3.00 bits per heavy atom. The van der Waals surface area contributed by atoms with E-state index in [0.717, 1.165) is 0 Å². The third-order valence-electron chi connectivity index (χ3n) is 0.960. The molecule has 0 fully saturated rings. The van der Waals surface area contributed by atoms with Crippen molar-refractivity contribution in [3.63, 3.8) is 0 Å². The molecule has 0 N–H and O–H groups in total. The largest absolute Gasteiger partial charge is 0.391 e. The van der Waals surface area contributed by atoms with Crippen molar-refractivity contribution in [2.24, 2.45) is 5.16 Å². The van der Waals surface area contributed by atoms with Crippen molar-refractivity contribution in [2.45, 2.75) is 18.9 Å². The van der Waals surface area contributed by atoms with Gasteiger partial charge in [0.2, 0.25) is 0 Å². The average molecular weight is 132 g/mol. The van der Waals surface area contributed by atoms with Crippen LogP contribution in [0.2, 0.25) is 0 Å². The topological polar surface area (TPSA) is 21.6 Å². The molecule has 1 atom stereocenters. The summed E-state index contributed by atoms with van der Waals surface area (Å²) in [5.41, 5.74) is 0. The van der Waals surface area contributed by atoms with E-state index in [1.165, 1.54) is 0 Å². The maximum Gasteiger partial charge on any atom is 0.149 e. The van der Waals surface area contributed by atoms with Gasteiger partial charge in [-0.3, -0.25) is 0 Å². The molecule has 1 aliphatic rings. The molecule has 0 amide bonds. The summed E-state index contributed by atoms with van der Waals surface area (Å²) in [4.78, 5) is 4.75. The van der Waals surface area contributed by atoms with Gasteiger partial charge in [-0.1, -0.05) is 16.8 Å². The van der Waals surface area contributed by atoms with E-state index in [9.17, 15) is 0 Å². The molecule has 0 spiro atoms. The molecular weight excluding hydrogens is 126 g/mol. The van der Waals surface area contributed by atoms with Gasteiger partial charge in [0.25, 0.3) is 0 Å². The van der Waals surface area contributed by atoms with Gasteiger partial charge in [0.15, 0.2) is 0 Å². The van der Waals surface area contributed by atoms with Crippen LogP contribution in [-0.4, -0.2) is 11.3 Å². The molecule has 0 saturated heterocycles. The van der Waals surface area contributed by atoms with Gasteiger partial charge >= 0.3 is 0 Å². The Kier molecular flexibility index (Phi) is 1.73. The highest BCUT2D eigenvalue weighted by Crippen LogP contribution is 2.14. The predicted molar refractivity (Wildman–Crippen MR) is 31.7 cm³/mol. The lowest BCUT2D eigenvalue weighted by molar-refractivity contribution is 0.0874.